The lowest BCUT2D eigenvalue weighted by Crippen LogP contribution is -2.27. The minimum absolute atomic E-state index is 0.0194. The van der Waals surface area contributed by atoms with Crippen LogP contribution in [0.25, 0.3) is 6.08 Å². The van der Waals surface area contributed by atoms with E-state index in [1.807, 2.05) is 19.9 Å². The first-order valence-corrected chi connectivity index (χ1v) is 11.8. The summed E-state index contributed by atoms with van der Waals surface area (Å²) in [5.41, 5.74) is 1.28. The predicted molar refractivity (Wildman–Crippen MR) is 129 cm³/mol. The van der Waals surface area contributed by atoms with Gasteiger partial charge < -0.3 is 9.47 Å². The van der Waals surface area contributed by atoms with Crippen LogP contribution in [-0.4, -0.2) is 29.3 Å². The zero-order valence-corrected chi connectivity index (χ0v) is 20.7. The van der Waals surface area contributed by atoms with E-state index in [4.69, 9.17) is 32.7 Å². The van der Waals surface area contributed by atoms with E-state index in [1.54, 1.807) is 30.3 Å². The summed E-state index contributed by atoms with van der Waals surface area (Å²) in [5.74, 6) is 0.876. The van der Waals surface area contributed by atoms with Crippen molar-refractivity contribution >= 4 is 74.8 Å². The summed E-state index contributed by atoms with van der Waals surface area (Å²) in [6.07, 6.45) is 1.68. The fraction of sp³-hybridized carbons (Fsp3) is 0.238. The lowest BCUT2D eigenvalue weighted by Gasteiger charge is -2.15. The molecule has 30 heavy (non-hydrogen) atoms. The van der Waals surface area contributed by atoms with Crippen molar-refractivity contribution in [3.05, 3.63) is 60.0 Å². The van der Waals surface area contributed by atoms with Gasteiger partial charge in [0, 0.05) is 15.6 Å². The molecule has 1 aliphatic rings. The quantitative estimate of drug-likeness (QED) is 0.273. The Kier molecular flexibility index (Phi) is 7.95. The van der Waals surface area contributed by atoms with Crippen LogP contribution in [0.1, 0.15) is 25.0 Å². The summed E-state index contributed by atoms with van der Waals surface area (Å²) in [4.78, 5) is 26.8. The smallest absolute Gasteiger partial charge is 0.293 e. The highest BCUT2D eigenvalue weighted by molar-refractivity contribution is 14.1. The number of benzene rings is 2. The molecule has 5 nitrogen and oxygen atoms in total. The van der Waals surface area contributed by atoms with Crippen molar-refractivity contribution in [2.45, 2.75) is 20.4 Å². The molecule has 0 aliphatic carbocycles. The zero-order valence-electron chi connectivity index (χ0n) is 16.2. The summed E-state index contributed by atoms with van der Waals surface area (Å²) in [6, 6.07) is 8.75. The van der Waals surface area contributed by atoms with Crippen LogP contribution in [0.4, 0.5) is 4.79 Å². The maximum atomic E-state index is 12.9. The Hall–Kier alpha value is -1.42. The van der Waals surface area contributed by atoms with E-state index in [1.165, 1.54) is 0 Å². The Morgan fingerprint density at radius 1 is 1.10 bits per heavy atom. The number of rotatable bonds is 7. The van der Waals surface area contributed by atoms with Crippen LogP contribution in [0.5, 0.6) is 11.5 Å². The van der Waals surface area contributed by atoms with Crippen molar-refractivity contribution in [3.8, 4) is 11.5 Å². The Morgan fingerprint density at radius 3 is 2.40 bits per heavy atom. The summed E-state index contributed by atoms with van der Waals surface area (Å²) in [7, 11) is 0. The molecule has 1 aliphatic heterocycles. The average Bonchev–Trinajstić information content (AvgIpc) is 2.94. The third-order valence-electron chi connectivity index (χ3n) is 4.17. The van der Waals surface area contributed by atoms with Gasteiger partial charge >= 0.3 is 0 Å². The molecule has 0 aromatic heterocycles. The second-order valence-corrected chi connectivity index (χ2v) is 9.13. The minimum Gasteiger partial charge on any atom is -0.490 e. The Labute approximate surface area is 202 Å². The molecule has 2 amide bonds. The van der Waals surface area contributed by atoms with E-state index >= 15 is 0 Å². The largest absolute Gasteiger partial charge is 0.490 e. The van der Waals surface area contributed by atoms with Crippen molar-refractivity contribution in [1.82, 2.24) is 4.90 Å². The molecule has 0 unspecified atom stereocenters. The van der Waals surface area contributed by atoms with Gasteiger partial charge in [-0.15, -0.1) is 0 Å². The number of hydrogen-bond acceptors (Lipinski definition) is 5. The fourth-order valence-electron chi connectivity index (χ4n) is 2.85. The van der Waals surface area contributed by atoms with Gasteiger partial charge in [-0.1, -0.05) is 29.3 Å². The van der Waals surface area contributed by atoms with E-state index in [9.17, 15) is 9.59 Å². The van der Waals surface area contributed by atoms with Crippen LogP contribution in [-0.2, 0) is 11.3 Å². The van der Waals surface area contributed by atoms with Crippen molar-refractivity contribution < 1.29 is 19.1 Å². The molecular weight excluding hydrogens is 560 g/mol. The number of hydrogen-bond donors (Lipinski definition) is 0. The molecular formula is C21H18Cl2INO4S. The van der Waals surface area contributed by atoms with E-state index in [-0.39, 0.29) is 17.7 Å². The Morgan fingerprint density at radius 2 is 1.77 bits per heavy atom. The van der Waals surface area contributed by atoms with Gasteiger partial charge in [0.2, 0.25) is 0 Å². The number of thioether (sulfide) groups is 1. The predicted octanol–water partition coefficient (Wildman–Crippen LogP) is 6.63. The molecule has 9 heteroatoms. The van der Waals surface area contributed by atoms with Crippen LogP contribution in [0.3, 0.4) is 0 Å². The maximum absolute atomic E-state index is 12.9. The van der Waals surface area contributed by atoms with Gasteiger partial charge in [0.1, 0.15) is 0 Å². The van der Waals surface area contributed by atoms with Gasteiger partial charge in [-0.2, -0.15) is 0 Å². The number of imide groups is 1. The molecule has 0 saturated carbocycles. The van der Waals surface area contributed by atoms with Crippen LogP contribution < -0.4 is 9.47 Å². The van der Waals surface area contributed by atoms with Gasteiger partial charge in [-0.25, -0.2) is 0 Å². The highest BCUT2D eigenvalue weighted by Crippen LogP contribution is 2.38. The molecule has 0 N–H and O–H groups in total. The Balaban J connectivity index is 1.90. The summed E-state index contributed by atoms with van der Waals surface area (Å²) in [6.45, 7) is 4.81. The summed E-state index contributed by atoms with van der Waals surface area (Å²) in [5, 5.41) is 0.453. The molecule has 2 aromatic carbocycles. The second kappa shape index (κ2) is 10.3. The SMILES string of the molecule is CCOc1cc(/C=C2\SC(=O)N(Cc3c(Cl)cccc3Cl)C2=O)cc(I)c1OCC. The lowest BCUT2D eigenvalue weighted by atomic mass is 10.1. The molecule has 0 spiro atoms. The van der Waals surface area contributed by atoms with Crippen molar-refractivity contribution in [1.29, 1.82) is 0 Å². The average molecular weight is 578 g/mol. The summed E-state index contributed by atoms with van der Waals surface area (Å²) < 4.78 is 12.2. The molecule has 0 bridgehead atoms. The number of ether oxygens (including phenoxy) is 2. The molecule has 1 heterocycles. The Bertz CT molecular complexity index is 1010. The minimum atomic E-state index is -0.386. The van der Waals surface area contributed by atoms with Gasteiger partial charge in [-0.3, -0.25) is 14.5 Å². The topological polar surface area (TPSA) is 55.8 Å². The van der Waals surface area contributed by atoms with Gasteiger partial charge in [0.25, 0.3) is 11.1 Å². The van der Waals surface area contributed by atoms with Gasteiger partial charge in [0.15, 0.2) is 11.5 Å². The molecule has 158 valence electrons. The number of amides is 2. The highest BCUT2D eigenvalue weighted by atomic mass is 127. The van der Waals surface area contributed by atoms with Crippen LogP contribution in [0.15, 0.2) is 35.2 Å². The highest BCUT2D eigenvalue weighted by Gasteiger charge is 2.35. The van der Waals surface area contributed by atoms with Crippen molar-refractivity contribution in [2.75, 3.05) is 13.2 Å². The van der Waals surface area contributed by atoms with E-state index in [0.29, 0.717) is 45.2 Å². The first-order chi connectivity index (χ1) is 14.3. The molecule has 0 radical (unpaired) electrons. The van der Waals surface area contributed by atoms with Crippen LogP contribution in [0.2, 0.25) is 10.0 Å². The maximum Gasteiger partial charge on any atom is 0.293 e. The van der Waals surface area contributed by atoms with E-state index in [0.717, 1.165) is 25.8 Å². The molecule has 0 atom stereocenters. The van der Waals surface area contributed by atoms with Crippen molar-refractivity contribution in [3.63, 3.8) is 0 Å². The molecule has 2 aromatic rings. The lowest BCUT2D eigenvalue weighted by molar-refractivity contribution is -0.123. The number of carbonyl (C=O) groups is 2. The van der Waals surface area contributed by atoms with E-state index in [2.05, 4.69) is 22.6 Å². The third kappa shape index (κ3) is 5.07. The van der Waals surface area contributed by atoms with Crippen LogP contribution in [0, 0.1) is 3.57 Å². The number of nitrogens with zero attached hydrogens (tertiary/aromatic N) is 1. The normalized spacial score (nSPS) is 15.2. The first-order valence-electron chi connectivity index (χ1n) is 9.13. The standard InChI is InChI=1S/C21H18Cl2INO4S/c1-3-28-17-9-12(8-16(24)19(17)29-4-2)10-18-20(26)25(21(27)30-18)11-13-14(22)6-5-7-15(13)23/h5-10H,3-4,11H2,1-2H3/b18-10-. The number of carbonyl (C=O) groups excluding carboxylic acids is 2. The number of halogens is 3. The fourth-order valence-corrected chi connectivity index (χ4v) is 4.98. The van der Waals surface area contributed by atoms with Crippen LogP contribution >= 0.6 is 57.6 Å². The third-order valence-corrected chi connectivity index (χ3v) is 6.59. The summed E-state index contributed by atoms with van der Waals surface area (Å²) >= 11 is 15.4. The van der Waals surface area contributed by atoms with Gasteiger partial charge in [-0.05, 0) is 84.1 Å². The molecule has 1 saturated heterocycles. The van der Waals surface area contributed by atoms with Crippen molar-refractivity contribution in [2.24, 2.45) is 0 Å². The first kappa shape index (κ1) is 23.2. The monoisotopic (exact) mass is 577 g/mol. The second-order valence-electron chi connectivity index (χ2n) is 6.16. The zero-order chi connectivity index (χ0) is 21.8. The molecule has 3 rings (SSSR count). The van der Waals surface area contributed by atoms with E-state index < -0.39 is 0 Å². The van der Waals surface area contributed by atoms with Gasteiger partial charge in [0.05, 0.1) is 28.2 Å². The molecule has 1 fully saturated rings.